The van der Waals surface area contributed by atoms with Crippen LogP contribution in [0, 0.1) is 27.8 Å². The number of benzene rings is 2. The third-order valence-electron chi connectivity index (χ3n) is 1.78. The van der Waals surface area contributed by atoms with Crippen molar-refractivity contribution >= 4 is 10.8 Å². The minimum Gasteiger partial charge on any atom is -0.358 e. The Morgan fingerprint density at radius 3 is 2.29 bits per heavy atom. The molecule has 2 aromatic carbocycles. The van der Waals surface area contributed by atoms with E-state index < -0.39 is 0 Å². The van der Waals surface area contributed by atoms with Gasteiger partial charge in [0.05, 0.1) is 0 Å². The largest absolute Gasteiger partial charge is 0.358 e. The van der Waals surface area contributed by atoms with Crippen molar-refractivity contribution in [1.82, 2.24) is 0 Å². The van der Waals surface area contributed by atoms with E-state index in [1.165, 1.54) is 5.39 Å². The van der Waals surface area contributed by atoms with Crippen LogP contribution in [0.25, 0.3) is 10.8 Å². The van der Waals surface area contributed by atoms with Gasteiger partial charge in [-0.05, 0) is 0 Å². The van der Waals surface area contributed by atoms with E-state index in [1.54, 1.807) is 0 Å². The first-order valence-corrected chi connectivity index (χ1v) is 3.59. The van der Waals surface area contributed by atoms with E-state index in [-0.39, 0.29) is 35.3 Å². The predicted octanol–water partition coefficient (Wildman–Crippen LogP) is 3.72. The van der Waals surface area contributed by atoms with E-state index in [0.29, 0.717) is 0 Å². The number of fused-ring (bicyclic) bond motifs is 1. The maximum atomic E-state index is 3.92. The molecule has 0 fully saturated rings. The molecule has 0 aliphatic carbocycles. The molecule has 0 radical (unpaired) electrons. The van der Waals surface area contributed by atoms with E-state index in [0.717, 1.165) is 10.9 Å². The van der Waals surface area contributed by atoms with Crippen LogP contribution in [0.2, 0.25) is 0 Å². The summed E-state index contributed by atoms with van der Waals surface area (Å²) in [5, 5.41) is 2.33. The van der Waals surface area contributed by atoms with Gasteiger partial charge in [-0.25, -0.2) is 24.4 Å². The van der Waals surface area contributed by atoms with E-state index in [9.17, 15) is 0 Å². The maximum Gasteiger partial charge on any atom is 0 e. The minimum atomic E-state index is 0. The van der Waals surface area contributed by atoms with Gasteiger partial charge in [-0.1, -0.05) is 0 Å². The molecule has 0 N–H and O–H groups in total. The van der Waals surface area contributed by atoms with Crippen LogP contribution in [-0.2, 0) is 20.4 Å². The zero-order chi connectivity index (χ0) is 7.68. The molecule has 0 aliphatic heterocycles. The quantitative estimate of drug-likeness (QED) is 0.508. The Bertz CT molecular complexity index is 374. The molecule has 1 heteroatoms. The molecule has 2 rings (SSSR count). The van der Waals surface area contributed by atoms with Crippen LogP contribution in [0.4, 0.5) is 0 Å². The summed E-state index contributed by atoms with van der Waals surface area (Å²) >= 11 is 0. The fraction of sp³-hybridized carbons (Fsp3) is 0. The summed E-state index contributed by atoms with van der Waals surface area (Å²) in [5.41, 5.74) is 1.04. The average Bonchev–Trinajstić information content (AvgIpc) is 2.06. The predicted molar refractivity (Wildman–Crippen MR) is 60.1 cm³/mol. The van der Waals surface area contributed by atoms with Crippen LogP contribution in [0.3, 0.4) is 0 Å². The van der Waals surface area contributed by atoms with Crippen LogP contribution in [0.15, 0.2) is 36.4 Å². The summed E-state index contributed by atoms with van der Waals surface area (Å²) in [6.07, 6.45) is 0. The van der Waals surface area contributed by atoms with Crippen LogP contribution in [-0.4, -0.2) is 0 Å². The second-order valence-electron chi connectivity index (χ2n) is 2.55. The Morgan fingerprint density at radius 2 is 1.64 bits per heavy atom. The smallest absolute Gasteiger partial charge is 0 e. The van der Waals surface area contributed by atoms with Crippen molar-refractivity contribution in [2.24, 2.45) is 0 Å². The summed E-state index contributed by atoms with van der Waals surface area (Å²) in [6.45, 7) is 3.92. The van der Waals surface area contributed by atoms with Gasteiger partial charge in [0.25, 0.3) is 0 Å². The van der Waals surface area contributed by atoms with E-state index in [4.69, 9.17) is 0 Å². The molecule has 0 nitrogen and oxygen atoms in total. The molecule has 80 valence electrons. The zero-order valence-electron chi connectivity index (χ0n) is 8.49. The third kappa shape index (κ3) is 2.87. The van der Waals surface area contributed by atoms with Crippen molar-refractivity contribution in [3.8, 4) is 0 Å². The Kier molecular flexibility index (Phi) is 7.46. The molecular weight excluding hydrogens is 263 g/mol. The van der Waals surface area contributed by atoms with Gasteiger partial charge >= 0.3 is 0 Å². The molecule has 0 unspecified atom stereocenters. The number of rotatable bonds is 0. The van der Waals surface area contributed by atoms with Gasteiger partial charge in [0.15, 0.2) is 0 Å². The number of hydrogen-bond donors (Lipinski definition) is 0. The van der Waals surface area contributed by atoms with Crippen molar-refractivity contribution in [2.75, 3.05) is 0 Å². The molecule has 0 saturated carbocycles. The third-order valence-corrected chi connectivity index (χ3v) is 1.78. The van der Waals surface area contributed by atoms with Crippen molar-refractivity contribution < 1.29 is 20.4 Å². The number of hydrogen-bond acceptors (Lipinski definition) is 0. The fourth-order valence-corrected chi connectivity index (χ4v) is 1.22. The summed E-state index contributed by atoms with van der Waals surface area (Å²) in [5.74, 6) is 0. The second-order valence-corrected chi connectivity index (χ2v) is 2.55. The Hall–Kier alpha value is -0.768. The summed E-state index contributed by atoms with van der Waals surface area (Å²) in [4.78, 5) is 0. The average molecular weight is 277 g/mol. The first-order valence-electron chi connectivity index (χ1n) is 3.59. The molecule has 0 amide bonds. The topological polar surface area (TPSA) is 0 Å². The van der Waals surface area contributed by atoms with E-state index in [2.05, 4.69) is 25.1 Å². The molecule has 0 atom stereocenters. The van der Waals surface area contributed by atoms with Crippen molar-refractivity contribution in [1.29, 1.82) is 0 Å². The van der Waals surface area contributed by atoms with Gasteiger partial charge in [-0.15, -0.1) is 18.2 Å². The fourth-order valence-electron chi connectivity index (χ4n) is 1.22. The standard InChI is InChI=1S/C11H8.2CH3.Pd/c1-9-5-4-7-10-6-2-3-8-11(9)10;;;/h2-7H,1H2;2*1H3;/q-2;2*-1;. The van der Waals surface area contributed by atoms with Gasteiger partial charge in [0.2, 0.25) is 0 Å². The zero-order valence-corrected chi connectivity index (χ0v) is 10.0. The molecule has 0 aliphatic rings. The summed E-state index contributed by atoms with van der Waals surface area (Å²) in [7, 11) is 0. The molecule has 0 saturated heterocycles. The normalized spacial score (nSPS) is 8.00. The molecule has 2 aromatic rings. The van der Waals surface area contributed by atoms with Crippen LogP contribution in [0.5, 0.6) is 0 Å². The van der Waals surface area contributed by atoms with Crippen molar-refractivity contribution in [3.63, 3.8) is 0 Å². The molecule has 0 bridgehead atoms. The van der Waals surface area contributed by atoms with Gasteiger partial charge in [0, 0.05) is 20.4 Å². The van der Waals surface area contributed by atoms with Gasteiger partial charge in [-0.2, -0.15) is 17.5 Å². The van der Waals surface area contributed by atoms with Gasteiger partial charge in [-0.3, -0.25) is 5.56 Å². The Labute approximate surface area is 101 Å². The second kappa shape index (κ2) is 6.65. The van der Waals surface area contributed by atoms with Crippen LogP contribution >= 0.6 is 0 Å². The molecule has 0 aromatic heterocycles. The Balaban J connectivity index is 0. The van der Waals surface area contributed by atoms with E-state index >= 15 is 0 Å². The van der Waals surface area contributed by atoms with Crippen LogP contribution < -0.4 is 0 Å². The Morgan fingerprint density at radius 1 is 1.00 bits per heavy atom. The van der Waals surface area contributed by atoms with Crippen LogP contribution in [0.1, 0.15) is 5.56 Å². The van der Waals surface area contributed by atoms with Gasteiger partial charge in [0.1, 0.15) is 0 Å². The minimum absolute atomic E-state index is 0. The first-order chi connectivity index (χ1) is 5.38. The molecule has 0 heterocycles. The van der Waals surface area contributed by atoms with Crippen molar-refractivity contribution in [3.05, 3.63) is 69.8 Å². The summed E-state index contributed by atoms with van der Waals surface area (Å²) in [6, 6.07) is 15.2. The van der Waals surface area contributed by atoms with Crippen molar-refractivity contribution in [2.45, 2.75) is 0 Å². The molecular formula is C13H14Pd-4. The van der Waals surface area contributed by atoms with Gasteiger partial charge < -0.3 is 14.9 Å². The molecule has 0 spiro atoms. The molecule has 14 heavy (non-hydrogen) atoms. The SMILES string of the molecule is [CH2-]c1cccc2ccc[c-]c12.[CH3-].[CH3-].[Pd]. The summed E-state index contributed by atoms with van der Waals surface area (Å²) < 4.78 is 0. The maximum absolute atomic E-state index is 3.92. The van der Waals surface area contributed by atoms with E-state index in [1.807, 2.05) is 24.3 Å². The monoisotopic (exact) mass is 276 g/mol. The first kappa shape index (κ1) is 15.7.